The number of carbonyl (C=O) groups is 2. The normalized spacial score (nSPS) is 17.6. The number of benzene rings is 3. The molecule has 178 valence electrons. The van der Waals surface area contributed by atoms with Gasteiger partial charge in [-0.2, -0.15) is 0 Å². The lowest BCUT2D eigenvalue weighted by molar-refractivity contribution is -0.110. The van der Waals surface area contributed by atoms with Gasteiger partial charge in [0.1, 0.15) is 0 Å². The molecule has 2 heterocycles. The number of hydrogen-bond donors (Lipinski definition) is 3. The number of amides is 1. The third-order valence-electron chi connectivity index (χ3n) is 6.55. The molecule has 0 aliphatic carbocycles. The Kier molecular flexibility index (Phi) is 6.35. The van der Waals surface area contributed by atoms with Gasteiger partial charge in [-0.1, -0.05) is 48.5 Å². The van der Waals surface area contributed by atoms with Crippen molar-refractivity contribution >= 4 is 34.5 Å². The van der Waals surface area contributed by atoms with Crippen molar-refractivity contribution in [1.29, 1.82) is 0 Å². The van der Waals surface area contributed by atoms with Crippen molar-refractivity contribution in [2.45, 2.75) is 6.54 Å². The van der Waals surface area contributed by atoms with E-state index in [1.165, 1.54) is 17.7 Å². The van der Waals surface area contributed by atoms with Crippen molar-refractivity contribution in [3.63, 3.8) is 0 Å². The fraction of sp³-hybridized carbons (Fsp3) is 0.214. The highest BCUT2D eigenvalue weighted by Crippen LogP contribution is 2.38. The van der Waals surface area contributed by atoms with Crippen LogP contribution in [0.15, 0.2) is 72.8 Å². The molecule has 0 saturated carbocycles. The largest absolute Gasteiger partial charge is 0.478 e. The molecule has 1 amide bonds. The van der Waals surface area contributed by atoms with Crippen molar-refractivity contribution in [2.24, 2.45) is 0 Å². The second-order valence-electron chi connectivity index (χ2n) is 9.04. The number of anilines is 2. The first-order valence-corrected chi connectivity index (χ1v) is 11.7. The van der Waals surface area contributed by atoms with Gasteiger partial charge in [-0.3, -0.25) is 9.69 Å². The number of hydrogen-bond acceptors (Lipinski definition) is 5. The molecule has 0 spiro atoms. The molecule has 1 fully saturated rings. The van der Waals surface area contributed by atoms with E-state index in [-0.39, 0.29) is 11.5 Å². The van der Waals surface area contributed by atoms with E-state index in [0.717, 1.165) is 44.0 Å². The van der Waals surface area contributed by atoms with E-state index in [1.54, 1.807) is 6.07 Å². The van der Waals surface area contributed by atoms with Crippen LogP contribution in [-0.4, -0.2) is 60.0 Å². The topological polar surface area (TPSA) is 84.9 Å². The van der Waals surface area contributed by atoms with Gasteiger partial charge in [-0.05, 0) is 42.4 Å². The number of fused-ring (bicyclic) bond motifs is 1. The number of rotatable bonds is 6. The molecule has 7 heteroatoms. The standard InChI is InChI=1S/C28H28N4O3/c1-31-13-15-32(16-14-31)18-19-7-10-22(11-8-19)29-26(20-5-3-2-4-6-20)25-23-12-9-21(28(34)35)17-24(23)30-27(25)33/h2-12,17,29H,13-16,18H2,1H3,(H,30,33)(H,34,35). The summed E-state index contributed by atoms with van der Waals surface area (Å²) >= 11 is 0. The maximum atomic E-state index is 13.1. The van der Waals surface area contributed by atoms with E-state index in [4.69, 9.17) is 0 Å². The van der Waals surface area contributed by atoms with Crippen LogP contribution in [0.2, 0.25) is 0 Å². The number of carbonyl (C=O) groups excluding carboxylic acids is 1. The Morgan fingerprint density at radius 3 is 2.34 bits per heavy atom. The van der Waals surface area contributed by atoms with Crippen molar-refractivity contribution in [2.75, 3.05) is 43.9 Å². The van der Waals surface area contributed by atoms with Gasteiger partial charge in [-0.25, -0.2) is 4.79 Å². The number of nitrogens with zero attached hydrogens (tertiary/aromatic N) is 2. The Morgan fingerprint density at radius 2 is 1.66 bits per heavy atom. The number of aromatic carboxylic acids is 1. The Morgan fingerprint density at radius 1 is 0.943 bits per heavy atom. The van der Waals surface area contributed by atoms with Gasteiger partial charge < -0.3 is 20.6 Å². The SMILES string of the molecule is CN1CCN(Cc2ccc(NC(=C3C(=O)Nc4cc(C(=O)O)ccc43)c3ccccc3)cc2)CC1. The lowest BCUT2D eigenvalue weighted by Gasteiger charge is -2.32. The molecule has 0 atom stereocenters. The second kappa shape index (κ2) is 9.74. The molecule has 2 aliphatic heterocycles. The summed E-state index contributed by atoms with van der Waals surface area (Å²) in [6, 6.07) is 22.7. The van der Waals surface area contributed by atoms with E-state index >= 15 is 0 Å². The van der Waals surface area contributed by atoms with E-state index in [9.17, 15) is 14.7 Å². The Balaban J connectivity index is 1.45. The summed E-state index contributed by atoms with van der Waals surface area (Å²) in [6.45, 7) is 5.23. The van der Waals surface area contributed by atoms with Gasteiger partial charge in [0.25, 0.3) is 5.91 Å². The zero-order valence-corrected chi connectivity index (χ0v) is 19.6. The summed E-state index contributed by atoms with van der Waals surface area (Å²) in [6.07, 6.45) is 0. The predicted molar refractivity (Wildman–Crippen MR) is 138 cm³/mol. The number of piperazine rings is 1. The molecule has 0 bridgehead atoms. The molecule has 35 heavy (non-hydrogen) atoms. The molecule has 3 aromatic carbocycles. The maximum absolute atomic E-state index is 13.1. The fourth-order valence-corrected chi connectivity index (χ4v) is 4.54. The number of likely N-dealkylation sites (N-methyl/N-ethyl adjacent to an activating group) is 1. The molecule has 1 saturated heterocycles. The van der Waals surface area contributed by atoms with E-state index in [2.05, 4.69) is 39.6 Å². The highest BCUT2D eigenvalue weighted by Gasteiger charge is 2.29. The van der Waals surface area contributed by atoms with Gasteiger partial charge in [-0.15, -0.1) is 0 Å². The molecule has 0 aromatic heterocycles. The quantitative estimate of drug-likeness (QED) is 0.473. The molecule has 3 N–H and O–H groups in total. The smallest absolute Gasteiger partial charge is 0.335 e. The summed E-state index contributed by atoms with van der Waals surface area (Å²) in [5.41, 5.74) is 5.48. The highest BCUT2D eigenvalue weighted by molar-refractivity contribution is 6.37. The van der Waals surface area contributed by atoms with Crippen molar-refractivity contribution in [1.82, 2.24) is 9.80 Å². The summed E-state index contributed by atoms with van der Waals surface area (Å²) in [5.74, 6) is -1.29. The van der Waals surface area contributed by atoms with Crippen molar-refractivity contribution < 1.29 is 14.7 Å². The van der Waals surface area contributed by atoms with E-state index in [1.807, 2.05) is 42.5 Å². The molecular formula is C28H28N4O3. The van der Waals surface area contributed by atoms with Crippen LogP contribution >= 0.6 is 0 Å². The second-order valence-corrected chi connectivity index (χ2v) is 9.04. The third-order valence-corrected chi connectivity index (χ3v) is 6.55. The van der Waals surface area contributed by atoms with Crippen LogP contribution in [0.3, 0.4) is 0 Å². The fourth-order valence-electron chi connectivity index (χ4n) is 4.54. The first kappa shape index (κ1) is 22.8. The van der Waals surface area contributed by atoms with Gasteiger partial charge in [0.05, 0.1) is 22.5 Å². The minimum absolute atomic E-state index is 0.135. The van der Waals surface area contributed by atoms with E-state index in [0.29, 0.717) is 22.5 Å². The first-order valence-electron chi connectivity index (χ1n) is 11.7. The molecular weight excluding hydrogens is 440 g/mol. The minimum Gasteiger partial charge on any atom is -0.478 e. The summed E-state index contributed by atoms with van der Waals surface area (Å²) in [5, 5.41) is 15.6. The highest BCUT2D eigenvalue weighted by atomic mass is 16.4. The van der Waals surface area contributed by atoms with Gasteiger partial charge in [0.15, 0.2) is 0 Å². The lowest BCUT2D eigenvalue weighted by atomic mass is 9.99. The maximum Gasteiger partial charge on any atom is 0.335 e. The number of carboxylic acids is 1. The number of nitrogens with one attached hydrogen (secondary N) is 2. The van der Waals surface area contributed by atoms with Crippen molar-refractivity contribution in [3.8, 4) is 0 Å². The van der Waals surface area contributed by atoms with Crippen LogP contribution in [0.1, 0.15) is 27.0 Å². The first-order chi connectivity index (χ1) is 17.0. The Bertz CT molecular complexity index is 1280. The van der Waals surface area contributed by atoms with Gasteiger partial charge >= 0.3 is 5.97 Å². The minimum atomic E-state index is -1.03. The zero-order chi connectivity index (χ0) is 24.4. The molecule has 0 radical (unpaired) electrons. The summed E-state index contributed by atoms with van der Waals surface area (Å²) < 4.78 is 0. The Hall–Kier alpha value is -3.94. The molecule has 7 nitrogen and oxygen atoms in total. The van der Waals surface area contributed by atoms with Gasteiger partial charge in [0, 0.05) is 44.0 Å². The van der Waals surface area contributed by atoms with Crippen LogP contribution in [0.4, 0.5) is 11.4 Å². The number of carboxylic acid groups (broad SMARTS) is 1. The van der Waals surface area contributed by atoms with E-state index < -0.39 is 5.97 Å². The molecule has 0 unspecified atom stereocenters. The molecule has 5 rings (SSSR count). The molecule has 2 aliphatic rings. The average molecular weight is 469 g/mol. The van der Waals surface area contributed by atoms with Crippen LogP contribution in [0.5, 0.6) is 0 Å². The lowest BCUT2D eigenvalue weighted by Crippen LogP contribution is -2.43. The van der Waals surface area contributed by atoms with Crippen molar-refractivity contribution in [3.05, 3.63) is 95.1 Å². The molecule has 3 aromatic rings. The van der Waals surface area contributed by atoms with Crippen LogP contribution in [0, 0.1) is 0 Å². The summed E-state index contributed by atoms with van der Waals surface area (Å²) in [7, 11) is 2.16. The van der Waals surface area contributed by atoms with Crippen LogP contribution in [-0.2, 0) is 11.3 Å². The monoisotopic (exact) mass is 468 g/mol. The Labute approximate surface area is 204 Å². The third kappa shape index (κ3) is 4.96. The van der Waals surface area contributed by atoms with Crippen LogP contribution < -0.4 is 10.6 Å². The van der Waals surface area contributed by atoms with Crippen LogP contribution in [0.25, 0.3) is 11.3 Å². The zero-order valence-electron chi connectivity index (χ0n) is 19.6. The summed E-state index contributed by atoms with van der Waals surface area (Å²) in [4.78, 5) is 29.2. The van der Waals surface area contributed by atoms with Gasteiger partial charge in [0.2, 0.25) is 0 Å². The average Bonchev–Trinajstić information content (AvgIpc) is 3.20. The predicted octanol–water partition coefficient (Wildman–Crippen LogP) is 4.06.